The fourth-order valence-electron chi connectivity index (χ4n) is 1.41. The van der Waals surface area contributed by atoms with Gasteiger partial charge in [0.05, 0.1) is 0 Å². The molecular weight excluding hydrogens is 194 g/mol. The molecule has 0 aromatic heterocycles. The molecule has 0 unspecified atom stereocenters. The highest BCUT2D eigenvalue weighted by atomic mass is 16.4. The second-order valence-electron chi connectivity index (χ2n) is 3.45. The van der Waals surface area contributed by atoms with Crippen molar-refractivity contribution in [3.05, 3.63) is 34.7 Å². The molecule has 0 atom stereocenters. The molecule has 15 heavy (non-hydrogen) atoms. The van der Waals surface area contributed by atoms with Crippen molar-refractivity contribution in [3.8, 4) is 0 Å². The van der Waals surface area contributed by atoms with Crippen LogP contribution in [0, 0.1) is 0 Å². The van der Waals surface area contributed by atoms with Gasteiger partial charge in [-0.2, -0.15) is 0 Å². The first-order valence-corrected chi connectivity index (χ1v) is 4.88. The second-order valence-corrected chi connectivity index (χ2v) is 3.45. The van der Waals surface area contributed by atoms with E-state index in [0.29, 0.717) is 23.8 Å². The Labute approximate surface area is 89.5 Å². The summed E-state index contributed by atoms with van der Waals surface area (Å²) < 4.78 is 0. The summed E-state index contributed by atoms with van der Waals surface area (Å²) in [5.74, 6) is 0. The molecule has 0 amide bonds. The predicted octanol–water partition coefficient (Wildman–Crippen LogP) is -0.397. The van der Waals surface area contributed by atoms with Crippen molar-refractivity contribution < 1.29 is 20.1 Å². The van der Waals surface area contributed by atoms with E-state index < -0.39 is 14.2 Å². The zero-order valence-corrected chi connectivity index (χ0v) is 8.59. The van der Waals surface area contributed by atoms with E-state index in [0.717, 1.165) is 5.57 Å². The average molecular weight is 208 g/mol. The van der Waals surface area contributed by atoms with Crippen LogP contribution < -0.4 is 0 Å². The van der Waals surface area contributed by atoms with E-state index in [1.54, 1.807) is 18.2 Å². The molecule has 1 rings (SSSR count). The van der Waals surface area contributed by atoms with Gasteiger partial charge in [-0.1, -0.05) is 25.2 Å². The van der Waals surface area contributed by atoms with Gasteiger partial charge in [-0.05, 0) is 29.4 Å². The molecule has 0 saturated carbocycles. The van der Waals surface area contributed by atoms with E-state index in [1.165, 1.54) is 0 Å². The summed E-state index contributed by atoms with van der Waals surface area (Å²) in [5.41, 5.74) is 1.69. The molecular formula is C9H14B2O4. The van der Waals surface area contributed by atoms with Gasteiger partial charge in [0.2, 0.25) is 0 Å². The molecule has 0 spiro atoms. The molecule has 1 aliphatic rings. The van der Waals surface area contributed by atoms with Crippen LogP contribution in [-0.4, -0.2) is 34.3 Å². The van der Waals surface area contributed by atoms with E-state index >= 15 is 0 Å². The summed E-state index contributed by atoms with van der Waals surface area (Å²) in [6.45, 7) is 1.91. The summed E-state index contributed by atoms with van der Waals surface area (Å²) in [4.78, 5) is 0. The zero-order chi connectivity index (χ0) is 11.4. The summed E-state index contributed by atoms with van der Waals surface area (Å²) in [6, 6.07) is 0. The van der Waals surface area contributed by atoms with Crippen molar-refractivity contribution in [1.82, 2.24) is 0 Å². The minimum absolute atomic E-state index is 0.310. The molecule has 0 heterocycles. The van der Waals surface area contributed by atoms with Gasteiger partial charge in [0.15, 0.2) is 0 Å². The smallest absolute Gasteiger partial charge is 0.423 e. The lowest BCUT2D eigenvalue weighted by Gasteiger charge is -2.02. The quantitative estimate of drug-likeness (QED) is 0.475. The monoisotopic (exact) mass is 208 g/mol. The fraction of sp³-hybridized carbons (Fsp3) is 0.333. The summed E-state index contributed by atoms with van der Waals surface area (Å²) in [5, 5.41) is 36.2. The van der Waals surface area contributed by atoms with E-state index in [4.69, 9.17) is 20.1 Å². The van der Waals surface area contributed by atoms with Crippen LogP contribution in [0.15, 0.2) is 34.7 Å². The van der Waals surface area contributed by atoms with Gasteiger partial charge < -0.3 is 20.1 Å². The molecule has 4 nitrogen and oxygen atoms in total. The molecule has 1 aliphatic carbocycles. The highest BCUT2D eigenvalue weighted by molar-refractivity contribution is 6.52. The standard InChI is InChI=1S/C9H14B2O4/c1-2-7-5-8(10(12)13)3-4-9(6-7)11(14)15/h3,5-6,12-15H,2,4H2,1H3. The third-order valence-corrected chi connectivity index (χ3v) is 2.33. The van der Waals surface area contributed by atoms with Gasteiger partial charge in [0, 0.05) is 0 Å². The van der Waals surface area contributed by atoms with Gasteiger partial charge in [-0.3, -0.25) is 0 Å². The maximum Gasteiger partial charge on any atom is 0.488 e. The highest BCUT2D eigenvalue weighted by Crippen LogP contribution is 2.19. The van der Waals surface area contributed by atoms with Crippen LogP contribution in [0.5, 0.6) is 0 Å². The third kappa shape index (κ3) is 3.35. The molecule has 0 saturated heterocycles. The van der Waals surface area contributed by atoms with E-state index in [-0.39, 0.29) is 0 Å². The lowest BCUT2D eigenvalue weighted by atomic mass is 9.75. The molecule has 4 N–H and O–H groups in total. The summed E-state index contributed by atoms with van der Waals surface area (Å²) >= 11 is 0. The van der Waals surface area contributed by atoms with Crippen molar-refractivity contribution in [2.45, 2.75) is 19.8 Å². The van der Waals surface area contributed by atoms with Crippen LogP contribution in [0.4, 0.5) is 0 Å². The molecule has 0 aliphatic heterocycles. The Hall–Kier alpha value is -0.810. The SMILES string of the molecule is CCC1=CC(B(O)O)=CCC(B(O)O)=C1. The highest BCUT2D eigenvalue weighted by Gasteiger charge is 2.19. The Kier molecular flexibility index (Phi) is 4.35. The molecule has 0 aromatic carbocycles. The van der Waals surface area contributed by atoms with Crippen LogP contribution >= 0.6 is 0 Å². The number of allylic oxidation sites excluding steroid dienone is 6. The maximum absolute atomic E-state index is 9.05. The lowest BCUT2D eigenvalue weighted by molar-refractivity contribution is 0.416. The van der Waals surface area contributed by atoms with Crippen LogP contribution in [0.25, 0.3) is 0 Å². The molecule has 0 bridgehead atoms. The van der Waals surface area contributed by atoms with Crippen molar-refractivity contribution in [2.75, 3.05) is 0 Å². The minimum atomic E-state index is -1.52. The molecule has 0 fully saturated rings. The van der Waals surface area contributed by atoms with Gasteiger partial charge in [0.25, 0.3) is 0 Å². The first-order chi connectivity index (χ1) is 7.04. The van der Waals surface area contributed by atoms with Gasteiger partial charge in [-0.15, -0.1) is 0 Å². The van der Waals surface area contributed by atoms with Crippen LogP contribution in [0.2, 0.25) is 0 Å². The lowest BCUT2D eigenvalue weighted by Crippen LogP contribution is -2.16. The average Bonchev–Trinajstić information content (AvgIpc) is 2.39. The van der Waals surface area contributed by atoms with Crippen molar-refractivity contribution >= 4 is 14.2 Å². The van der Waals surface area contributed by atoms with Gasteiger partial charge in [0.1, 0.15) is 0 Å². The van der Waals surface area contributed by atoms with Crippen LogP contribution in [0.1, 0.15) is 19.8 Å². The zero-order valence-electron chi connectivity index (χ0n) is 8.59. The summed E-state index contributed by atoms with van der Waals surface area (Å²) in [7, 11) is -3.01. The fourth-order valence-corrected chi connectivity index (χ4v) is 1.41. The molecule has 80 valence electrons. The van der Waals surface area contributed by atoms with Gasteiger partial charge in [-0.25, -0.2) is 0 Å². The first kappa shape index (κ1) is 12.3. The topological polar surface area (TPSA) is 80.9 Å². The largest absolute Gasteiger partial charge is 0.488 e. The number of hydrogen-bond donors (Lipinski definition) is 4. The van der Waals surface area contributed by atoms with Crippen LogP contribution in [0.3, 0.4) is 0 Å². The minimum Gasteiger partial charge on any atom is -0.423 e. The molecule has 0 radical (unpaired) electrons. The van der Waals surface area contributed by atoms with Crippen molar-refractivity contribution in [2.24, 2.45) is 0 Å². The molecule has 6 heteroatoms. The Morgan fingerprint density at radius 2 is 1.80 bits per heavy atom. The predicted molar refractivity (Wildman–Crippen MR) is 59.5 cm³/mol. The van der Waals surface area contributed by atoms with E-state index in [1.807, 2.05) is 6.92 Å². The van der Waals surface area contributed by atoms with Crippen molar-refractivity contribution in [3.63, 3.8) is 0 Å². The summed E-state index contributed by atoms with van der Waals surface area (Å²) in [6.07, 6.45) is 5.92. The Morgan fingerprint density at radius 3 is 2.27 bits per heavy atom. The van der Waals surface area contributed by atoms with E-state index in [2.05, 4.69) is 0 Å². The van der Waals surface area contributed by atoms with Crippen LogP contribution in [-0.2, 0) is 0 Å². The maximum atomic E-state index is 9.05. The normalized spacial score (nSPS) is 16.2. The Balaban J connectivity index is 2.98. The van der Waals surface area contributed by atoms with Crippen molar-refractivity contribution in [1.29, 1.82) is 0 Å². The van der Waals surface area contributed by atoms with E-state index in [9.17, 15) is 0 Å². The first-order valence-electron chi connectivity index (χ1n) is 4.88. The Bertz CT molecular complexity index is 318. The molecule has 0 aromatic rings. The third-order valence-electron chi connectivity index (χ3n) is 2.33. The van der Waals surface area contributed by atoms with Gasteiger partial charge >= 0.3 is 14.2 Å². The number of hydrogen-bond acceptors (Lipinski definition) is 4. The Morgan fingerprint density at radius 1 is 1.13 bits per heavy atom. The number of rotatable bonds is 3. The second kappa shape index (κ2) is 5.32.